The Morgan fingerprint density at radius 2 is 1.88 bits per heavy atom. The van der Waals surface area contributed by atoms with E-state index in [-0.39, 0.29) is 0 Å². The zero-order valence-corrected chi connectivity index (χ0v) is 9.58. The highest BCUT2D eigenvalue weighted by molar-refractivity contribution is 6.08. The van der Waals surface area contributed by atoms with Crippen LogP contribution in [0.3, 0.4) is 0 Å². The number of anilines is 1. The van der Waals surface area contributed by atoms with Crippen molar-refractivity contribution < 1.29 is 19.4 Å². The summed E-state index contributed by atoms with van der Waals surface area (Å²) in [7, 11) is 3.00. The first-order valence-electron chi connectivity index (χ1n) is 4.87. The molecule has 0 radical (unpaired) electrons. The first-order chi connectivity index (χ1) is 7.97. The number of hydrogen-bond donors (Lipinski definition) is 2. The summed E-state index contributed by atoms with van der Waals surface area (Å²) in [6, 6.07) is 5.08. The van der Waals surface area contributed by atoms with E-state index in [1.54, 1.807) is 24.3 Å². The average Bonchev–Trinajstić information content (AvgIpc) is 2.36. The largest absolute Gasteiger partial charge is 0.497 e. The number of likely N-dealkylation sites (N-methyl/N-ethyl adjacent to an activating group) is 1. The molecule has 3 N–H and O–H groups in total. The van der Waals surface area contributed by atoms with Gasteiger partial charge in [0.05, 0.1) is 7.11 Å². The van der Waals surface area contributed by atoms with Gasteiger partial charge >= 0.3 is 5.97 Å². The molecule has 17 heavy (non-hydrogen) atoms. The number of nitrogens with zero attached hydrogens (tertiary/aromatic N) is 1. The number of carbonyl (C=O) groups excluding carboxylic acids is 1. The molecule has 0 aliphatic carbocycles. The van der Waals surface area contributed by atoms with Crippen LogP contribution in [-0.2, 0) is 9.59 Å². The van der Waals surface area contributed by atoms with Gasteiger partial charge in [0.1, 0.15) is 5.75 Å². The van der Waals surface area contributed by atoms with Crippen LogP contribution in [0.4, 0.5) is 5.69 Å². The molecule has 0 saturated heterocycles. The van der Waals surface area contributed by atoms with Crippen molar-refractivity contribution in [3.8, 4) is 5.75 Å². The van der Waals surface area contributed by atoms with Crippen molar-refractivity contribution in [2.24, 2.45) is 5.73 Å². The van der Waals surface area contributed by atoms with Crippen LogP contribution in [0.15, 0.2) is 24.3 Å². The van der Waals surface area contributed by atoms with Crippen LogP contribution in [0.25, 0.3) is 0 Å². The fourth-order valence-electron chi connectivity index (χ4n) is 1.25. The van der Waals surface area contributed by atoms with Crippen LogP contribution in [0, 0.1) is 0 Å². The van der Waals surface area contributed by atoms with Crippen LogP contribution in [0.1, 0.15) is 0 Å². The molecular weight excluding hydrogens is 224 g/mol. The summed E-state index contributed by atoms with van der Waals surface area (Å²) in [6.07, 6.45) is 0. The highest BCUT2D eigenvalue weighted by atomic mass is 16.5. The number of aliphatic carboxylic acids is 1. The Morgan fingerprint density at radius 1 is 1.35 bits per heavy atom. The van der Waals surface area contributed by atoms with Gasteiger partial charge in [0.2, 0.25) is 0 Å². The minimum absolute atomic E-state index is 0.549. The molecule has 0 aliphatic rings. The second-order valence-corrected chi connectivity index (χ2v) is 3.41. The number of carboxylic acids is 1. The molecule has 0 bridgehead atoms. The van der Waals surface area contributed by atoms with Crippen LogP contribution >= 0.6 is 0 Å². The van der Waals surface area contributed by atoms with Crippen LogP contribution in [0.2, 0.25) is 0 Å². The van der Waals surface area contributed by atoms with E-state index in [2.05, 4.69) is 0 Å². The van der Waals surface area contributed by atoms with E-state index in [0.29, 0.717) is 11.4 Å². The van der Waals surface area contributed by atoms with Crippen molar-refractivity contribution in [3.63, 3.8) is 0 Å². The Balaban J connectivity index is 2.84. The van der Waals surface area contributed by atoms with E-state index in [0.717, 1.165) is 0 Å². The monoisotopic (exact) mass is 238 g/mol. The van der Waals surface area contributed by atoms with Gasteiger partial charge in [0.25, 0.3) is 5.91 Å². The zero-order valence-electron chi connectivity index (χ0n) is 9.58. The van der Waals surface area contributed by atoms with Gasteiger partial charge in [-0.2, -0.15) is 0 Å². The van der Waals surface area contributed by atoms with Crippen molar-refractivity contribution in [3.05, 3.63) is 24.3 Å². The van der Waals surface area contributed by atoms with E-state index in [9.17, 15) is 9.59 Å². The third-order valence-corrected chi connectivity index (χ3v) is 2.32. The third kappa shape index (κ3) is 2.94. The number of carboxylic acid groups (broad SMARTS) is 1. The standard InChI is InChI=1S/C11H14N2O4/c1-13(10(14)9(12)11(15)16)7-3-5-8(17-2)6-4-7/h3-6,9H,12H2,1-2H3,(H,15,16). The molecule has 1 aromatic rings. The van der Waals surface area contributed by atoms with E-state index in [4.69, 9.17) is 15.6 Å². The lowest BCUT2D eigenvalue weighted by Gasteiger charge is -2.19. The number of hydrogen-bond acceptors (Lipinski definition) is 4. The minimum Gasteiger partial charge on any atom is -0.497 e. The molecule has 0 heterocycles. The number of benzene rings is 1. The maximum Gasteiger partial charge on any atom is 0.330 e. The van der Waals surface area contributed by atoms with Crippen LogP contribution < -0.4 is 15.4 Å². The van der Waals surface area contributed by atoms with Gasteiger partial charge in [0, 0.05) is 12.7 Å². The summed E-state index contributed by atoms with van der Waals surface area (Å²) in [5.74, 6) is -1.38. The average molecular weight is 238 g/mol. The molecule has 1 amide bonds. The van der Waals surface area contributed by atoms with Crippen LogP contribution in [0.5, 0.6) is 5.75 Å². The summed E-state index contributed by atoms with van der Waals surface area (Å²) in [5.41, 5.74) is 5.79. The fourth-order valence-corrected chi connectivity index (χ4v) is 1.25. The predicted molar refractivity (Wildman–Crippen MR) is 62.0 cm³/mol. The van der Waals surface area contributed by atoms with Crippen molar-refractivity contribution in [2.75, 3.05) is 19.1 Å². The summed E-state index contributed by atoms with van der Waals surface area (Å²) in [4.78, 5) is 23.4. The van der Waals surface area contributed by atoms with E-state index < -0.39 is 17.9 Å². The molecule has 92 valence electrons. The van der Waals surface area contributed by atoms with Crippen molar-refractivity contribution in [1.29, 1.82) is 0 Å². The molecule has 0 spiro atoms. The second kappa shape index (κ2) is 5.31. The molecule has 1 unspecified atom stereocenters. The molecular formula is C11H14N2O4. The zero-order chi connectivity index (χ0) is 13.0. The van der Waals surface area contributed by atoms with Crippen molar-refractivity contribution in [1.82, 2.24) is 0 Å². The van der Waals surface area contributed by atoms with Gasteiger partial charge in [-0.25, -0.2) is 4.79 Å². The van der Waals surface area contributed by atoms with Gasteiger partial charge in [-0.15, -0.1) is 0 Å². The lowest BCUT2D eigenvalue weighted by atomic mass is 10.2. The lowest BCUT2D eigenvalue weighted by Crippen LogP contribution is -2.46. The number of carbonyl (C=O) groups is 2. The highest BCUT2D eigenvalue weighted by Gasteiger charge is 2.25. The maximum atomic E-state index is 11.6. The third-order valence-electron chi connectivity index (χ3n) is 2.32. The van der Waals surface area contributed by atoms with Gasteiger partial charge in [-0.3, -0.25) is 4.79 Å². The number of amides is 1. The molecule has 6 heteroatoms. The van der Waals surface area contributed by atoms with Crippen molar-refractivity contribution in [2.45, 2.75) is 6.04 Å². The second-order valence-electron chi connectivity index (χ2n) is 3.41. The number of ether oxygens (including phenoxy) is 1. The summed E-state index contributed by atoms with van der Waals surface area (Å²) in [5, 5.41) is 8.64. The van der Waals surface area contributed by atoms with Crippen LogP contribution in [-0.4, -0.2) is 37.2 Å². The maximum absolute atomic E-state index is 11.6. The van der Waals surface area contributed by atoms with E-state index >= 15 is 0 Å². The molecule has 1 aromatic carbocycles. The Morgan fingerprint density at radius 3 is 2.29 bits per heavy atom. The first kappa shape index (κ1) is 13.0. The molecule has 0 aliphatic heterocycles. The molecule has 0 aromatic heterocycles. The Kier molecular flexibility index (Phi) is 4.06. The van der Waals surface area contributed by atoms with Gasteiger partial charge in [-0.1, -0.05) is 0 Å². The van der Waals surface area contributed by atoms with Gasteiger partial charge in [-0.05, 0) is 24.3 Å². The lowest BCUT2D eigenvalue weighted by molar-refractivity contribution is -0.142. The molecule has 6 nitrogen and oxygen atoms in total. The molecule has 1 rings (SSSR count). The Hall–Kier alpha value is -2.08. The number of methoxy groups -OCH3 is 1. The van der Waals surface area contributed by atoms with E-state index in [1.165, 1.54) is 19.1 Å². The van der Waals surface area contributed by atoms with E-state index in [1.807, 2.05) is 0 Å². The summed E-state index contributed by atoms with van der Waals surface area (Å²) in [6.45, 7) is 0. The molecule has 0 fully saturated rings. The summed E-state index contributed by atoms with van der Waals surface area (Å²) >= 11 is 0. The first-order valence-corrected chi connectivity index (χ1v) is 4.87. The highest BCUT2D eigenvalue weighted by Crippen LogP contribution is 2.18. The Bertz CT molecular complexity index is 416. The topological polar surface area (TPSA) is 92.9 Å². The summed E-state index contributed by atoms with van der Waals surface area (Å²) < 4.78 is 4.97. The molecule has 1 atom stereocenters. The van der Waals surface area contributed by atoms with Gasteiger partial charge < -0.3 is 20.5 Å². The predicted octanol–water partition coefficient (Wildman–Crippen LogP) is 0.0699. The smallest absolute Gasteiger partial charge is 0.330 e. The normalized spacial score (nSPS) is 11.7. The minimum atomic E-state index is -1.55. The number of rotatable bonds is 4. The van der Waals surface area contributed by atoms with Gasteiger partial charge in [0.15, 0.2) is 6.04 Å². The number of nitrogens with two attached hydrogens (primary N) is 1. The Labute approximate surface area is 98.6 Å². The van der Waals surface area contributed by atoms with Crippen molar-refractivity contribution >= 4 is 17.6 Å². The molecule has 0 saturated carbocycles. The quantitative estimate of drug-likeness (QED) is 0.724. The SMILES string of the molecule is COc1ccc(N(C)C(=O)C(N)C(=O)O)cc1. The fraction of sp³-hybridized carbons (Fsp3) is 0.273.